The second-order valence-electron chi connectivity index (χ2n) is 5.44. The molecule has 0 aliphatic heterocycles. The minimum atomic E-state index is -0.428. The van der Waals surface area contributed by atoms with E-state index in [0.29, 0.717) is 11.3 Å². The van der Waals surface area contributed by atoms with Crippen LogP contribution in [0.3, 0.4) is 0 Å². The van der Waals surface area contributed by atoms with Gasteiger partial charge in [0.05, 0.1) is 0 Å². The van der Waals surface area contributed by atoms with E-state index in [1.807, 2.05) is 30.3 Å². The lowest BCUT2D eigenvalue weighted by Gasteiger charge is -2.07. The molecule has 1 N–H and O–H groups in total. The van der Waals surface area contributed by atoms with Gasteiger partial charge in [0.1, 0.15) is 11.5 Å². The molecule has 3 nitrogen and oxygen atoms in total. The summed E-state index contributed by atoms with van der Waals surface area (Å²) in [6, 6.07) is 18.7. The van der Waals surface area contributed by atoms with Crippen LogP contribution in [0.4, 0.5) is 0 Å². The molecule has 0 fully saturated rings. The van der Waals surface area contributed by atoms with Gasteiger partial charge >= 0.3 is 5.97 Å². The Morgan fingerprint density at radius 2 is 1.52 bits per heavy atom. The molecule has 23 heavy (non-hydrogen) atoms. The molecule has 0 heterocycles. The molecule has 3 aromatic rings. The number of hydrogen-bond donors (Lipinski definition) is 1. The van der Waals surface area contributed by atoms with E-state index in [0.717, 1.165) is 21.9 Å². The molecule has 0 aliphatic carbocycles. The normalized spacial score (nSPS) is 10.5. The molecule has 0 unspecified atom stereocenters. The molecule has 0 radical (unpaired) electrons. The van der Waals surface area contributed by atoms with Crippen LogP contribution in [0.1, 0.15) is 6.92 Å². The van der Waals surface area contributed by atoms with Gasteiger partial charge in [-0.2, -0.15) is 0 Å². The van der Waals surface area contributed by atoms with Gasteiger partial charge in [0.15, 0.2) is 0 Å². The third-order valence-corrected chi connectivity index (χ3v) is 3.57. The molecule has 0 atom stereocenters. The summed E-state index contributed by atoms with van der Waals surface area (Å²) in [7, 11) is 0. The largest absolute Gasteiger partial charge is 0.508 e. The lowest BCUT2D eigenvalue weighted by molar-refractivity contribution is -0.130. The third kappa shape index (κ3) is 3.24. The number of aromatic hydroxyl groups is 1. The minimum absolute atomic E-state index is 0.258. The van der Waals surface area contributed by atoms with Crippen molar-refractivity contribution >= 4 is 16.7 Å². The molecule has 0 saturated carbocycles. The molecule has 0 bridgehead atoms. The Hall–Kier alpha value is -3.07. The Kier molecular flexibility index (Phi) is 3.85. The van der Waals surface area contributed by atoms with E-state index in [9.17, 15) is 9.90 Å². The number of fused-ring (bicyclic) bond motifs is 1. The maximum Gasteiger partial charge on any atom is 0.338 e. The van der Waals surface area contributed by atoms with Crippen molar-refractivity contribution in [3.8, 4) is 22.6 Å². The average molecular weight is 304 g/mol. The number of ether oxygens (including phenoxy) is 1. The highest BCUT2D eigenvalue weighted by Crippen LogP contribution is 2.28. The number of phenolic OH excluding ortho intramolecular Hbond substituents is 1. The second-order valence-corrected chi connectivity index (χ2v) is 5.44. The van der Waals surface area contributed by atoms with Crippen molar-refractivity contribution in [3.63, 3.8) is 0 Å². The first-order valence-electron chi connectivity index (χ1n) is 7.24. The zero-order valence-corrected chi connectivity index (χ0v) is 12.7. The summed E-state index contributed by atoms with van der Waals surface area (Å²) in [5.41, 5.74) is 2.45. The van der Waals surface area contributed by atoms with Crippen LogP contribution in [0.2, 0.25) is 0 Å². The SMILES string of the molecule is C=C(C)C(=O)Oc1ccc(-c2ccc3cc(O)ccc3c2)cc1. The van der Waals surface area contributed by atoms with Crippen molar-refractivity contribution in [2.24, 2.45) is 0 Å². The van der Waals surface area contributed by atoms with Gasteiger partial charge in [-0.3, -0.25) is 0 Å². The maximum absolute atomic E-state index is 11.5. The number of carbonyl (C=O) groups excluding carboxylic acids is 1. The summed E-state index contributed by atoms with van der Waals surface area (Å²) >= 11 is 0. The van der Waals surface area contributed by atoms with Gasteiger partial charge in [-0.25, -0.2) is 4.79 Å². The Bertz CT molecular complexity index is 892. The summed E-state index contributed by atoms with van der Waals surface area (Å²) in [6.45, 7) is 5.17. The monoisotopic (exact) mass is 304 g/mol. The number of carbonyl (C=O) groups is 1. The van der Waals surface area contributed by atoms with Crippen molar-refractivity contribution in [1.29, 1.82) is 0 Å². The standard InChI is InChI=1S/C20H16O3/c1-13(2)20(22)23-19-9-6-14(7-10-19)15-3-4-17-12-18(21)8-5-16(17)11-15/h3-12,21H,1H2,2H3. The number of benzene rings is 3. The minimum Gasteiger partial charge on any atom is -0.508 e. The van der Waals surface area contributed by atoms with E-state index >= 15 is 0 Å². The molecule has 0 spiro atoms. The van der Waals surface area contributed by atoms with Gasteiger partial charge in [-0.05, 0) is 59.2 Å². The van der Waals surface area contributed by atoms with Gasteiger partial charge in [0, 0.05) is 5.57 Å². The van der Waals surface area contributed by atoms with Crippen LogP contribution in [-0.2, 0) is 4.79 Å². The van der Waals surface area contributed by atoms with Crippen molar-refractivity contribution in [3.05, 3.63) is 72.8 Å². The highest BCUT2D eigenvalue weighted by molar-refractivity contribution is 5.89. The molecule has 0 aliphatic rings. The molecule has 3 aromatic carbocycles. The summed E-state index contributed by atoms with van der Waals surface area (Å²) in [5, 5.41) is 11.6. The Balaban J connectivity index is 1.88. The molecule has 3 heteroatoms. The van der Waals surface area contributed by atoms with Gasteiger partial charge in [-0.1, -0.05) is 36.9 Å². The molecule has 0 amide bonds. The predicted molar refractivity (Wildman–Crippen MR) is 91.5 cm³/mol. The predicted octanol–water partition coefficient (Wildman–Crippen LogP) is 4.69. The van der Waals surface area contributed by atoms with E-state index in [-0.39, 0.29) is 5.75 Å². The molecular weight excluding hydrogens is 288 g/mol. The average Bonchev–Trinajstić information content (AvgIpc) is 2.55. The quantitative estimate of drug-likeness (QED) is 0.433. The van der Waals surface area contributed by atoms with Crippen LogP contribution in [0.5, 0.6) is 11.5 Å². The van der Waals surface area contributed by atoms with Crippen LogP contribution in [0.15, 0.2) is 72.8 Å². The lowest BCUT2D eigenvalue weighted by Crippen LogP contribution is -2.07. The van der Waals surface area contributed by atoms with E-state index in [1.165, 1.54) is 0 Å². The molecule has 3 rings (SSSR count). The molecule has 0 aromatic heterocycles. The second kappa shape index (κ2) is 5.97. The van der Waals surface area contributed by atoms with Crippen molar-refractivity contribution in [2.75, 3.05) is 0 Å². The zero-order chi connectivity index (χ0) is 16.4. The first kappa shape index (κ1) is 14.9. The highest BCUT2D eigenvalue weighted by atomic mass is 16.5. The fourth-order valence-corrected chi connectivity index (χ4v) is 2.32. The van der Waals surface area contributed by atoms with Crippen molar-refractivity contribution in [1.82, 2.24) is 0 Å². The third-order valence-electron chi connectivity index (χ3n) is 3.57. The number of esters is 1. The van der Waals surface area contributed by atoms with Crippen LogP contribution < -0.4 is 4.74 Å². The van der Waals surface area contributed by atoms with Crippen molar-refractivity contribution in [2.45, 2.75) is 6.92 Å². The fourth-order valence-electron chi connectivity index (χ4n) is 2.32. The first-order valence-corrected chi connectivity index (χ1v) is 7.24. The van der Waals surface area contributed by atoms with E-state index in [1.54, 1.807) is 31.2 Å². The van der Waals surface area contributed by atoms with Crippen LogP contribution >= 0.6 is 0 Å². The molecule has 114 valence electrons. The van der Waals surface area contributed by atoms with Crippen molar-refractivity contribution < 1.29 is 14.6 Å². The molecule has 0 saturated heterocycles. The maximum atomic E-state index is 11.5. The summed E-state index contributed by atoms with van der Waals surface area (Å²) < 4.78 is 5.18. The van der Waals surface area contributed by atoms with E-state index < -0.39 is 5.97 Å². The molecular formula is C20H16O3. The van der Waals surface area contributed by atoms with Crippen LogP contribution in [0, 0.1) is 0 Å². The van der Waals surface area contributed by atoms with Crippen LogP contribution in [0.25, 0.3) is 21.9 Å². The first-order chi connectivity index (χ1) is 11.0. The smallest absolute Gasteiger partial charge is 0.338 e. The highest BCUT2D eigenvalue weighted by Gasteiger charge is 2.06. The number of phenols is 1. The number of rotatable bonds is 3. The zero-order valence-electron chi connectivity index (χ0n) is 12.7. The fraction of sp³-hybridized carbons (Fsp3) is 0.0500. The Morgan fingerprint density at radius 3 is 2.22 bits per heavy atom. The van der Waals surface area contributed by atoms with Gasteiger partial charge in [-0.15, -0.1) is 0 Å². The van der Waals surface area contributed by atoms with Gasteiger partial charge < -0.3 is 9.84 Å². The van der Waals surface area contributed by atoms with E-state index in [2.05, 4.69) is 12.6 Å². The Labute approximate surface area is 134 Å². The van der Waals surface area contributed by atoms with E-state index in [4.69, 9.17) is 4.74 Å². The Morgan fingerprint density at radius 1 is 0.913 bits per heavy atom. The summed E-state index contributed by atoms with van der Waals surface area (Å²) in [6.07, 6.45) is 0. The number of hydrogen-bond acceptors (Lipinski definition) is 3. The lowest BCUT2D eigenvalue weighted by atomic mass is 10.0. The van der Waals surface area contributed by atoms with Gasteiger partial charge in [0.25, 0.3) is 0 Å². The summed E-state index contributed by atoms with van der Waals surface area (Å²) in [4.78, 5) is 11.5. The van der Waals surface area contributed by atoms with Crippen LogP contribution in [-0.4, -0.2) is 11.1 Å². The summed E-state index contributed by atoms with van der Waals surface area (Å²) in [5.74, 6) is 0.324. The topological polar surface area (TPSA) is 46.5 Å². The van der Waals surface area contributed by atoms with Gasteiger partial charge in [0.2, 0.25) is 0 Å².